The number of likely N-dealkylation sites (tertiary alicyclic amines) is 1. The van der Waals surface area contributed by atoms with Gasteiger partial charge >= 0.3 is 6.09 Å². The molecule has 116 valence electrons. The van der Waals surface area contributed by atoms with E-state index in [-0.39, 0.29) is 18.0 Å². The minimum Gasteiger partial charge on any atom is -0.450 e. The molecule has 4 nitrogen and oxygen atoms in total. The number of nitrogens with one attached hydrogen (secondary N) is 1. The molecular weight excluding hydrogens is 271 g/mol. The second-order valence-electron chi connectivity index (χ2n) is 5.72. The van der Waals surface area contributed by atoms with E-state index in [2.05, 4.69) is 17.1 Å². The average molecular weight is 294 g/mol. The fraction of sp³-hybridized carbons (Fsp3) is 0.562. The van der Waals surface area contributed by atoms with E-state index in [1.165, 1.54) is 12.1 Å². The van der Waals surface area contributed by atoms with Gasteiger partial charge in [0.25, 0.3) is 0 Å². The Morgan fingerprint density at radius 2 is 2.10 bits per heavy atom. The number of benzene rings is 1. The number of halogens is 1. The van der Waals surface area contributed by atoms with Gasteiger partial charge in [-0.05, 0) is 37.0 Å². The zero-order valence-corrected chi connectivity index (χ0v) is 12.6. The van der Waals surface area contributed by atoms with E-state index in [4.69, 9.17) is 4.74 Å². The molecule has 1 fully saturated rings. The van der Waals surface area contributed by atoms with E-state index >= 15 is 0 Å². The summed E-state index contributed by atoms with van der Waals surface area (Å²) in [6.45, 7) is 6.90. The van der Waals surface area contributed by atoms with Crippen molar-refractivity contribution in [3.05, 3.63) is 35.6 Å². The largest absolute Gasteiger partial charge is 0.450 e. The summed E-state index contributed by atoms with van der Waals surface area (Å²) in [4.78, 5) is 13.8. The summed E-state index contributed by atoms with van der Waals surface area (Å²) >= 11 is 0. The third-order valence-corrected chi connectivity index (χ3v) is 3.65. The van der Waals surface area contributed by atoms with Crippen molar-refractivity contribution in [1.82, 2.24) is 10.2 Å². The molecule has 1 heterocycles. The SMILES string of the molecule is CCOC(=O)NC1CC(C)CN(Cc2ccc(F)cc2)C1. The first-order valence-electron chi connectivity index (χ1n) is 7.47. The molecular formula is C16H23FN2O2. The van der Waals surface area contributed by atoms with Gasteiger partial charge in [-0.2, -0.15) is 0 Å². The highest BCUT2D eigenvalue weighted by Gasteiger charge is 2.26. The number of carbonyl (C=O) groups is 1. The smallest absolute Gasteiger partial charge is 0.407 e. The molecule has 1 amide bonds. The lowest BCUT2D eigenvalue weighted by molar-refractivity contribution is 0.118. The van der Waals surface area contributed by atoms with Crippen LogP contribution in [-0.4, -0.2) is 36.7 Å². The first kappa shape index (κ1) is 15.8. The molecule has 1 aromatic carbocycles. The van der Waals surface area contributed by atoms with Gasteiger partial charge in [-0.1, -0.05) is 19.1 Å². The summed E-state index contributed by atoms with van der Waals surface area (Å²) in [6.07, 6.45) is 0.608. The first-order chi connectivity index (χ1) is 10.1. The van der Waals surface area contributed by atoms with Gasteiger partial charge in [-0.25, -0.2) is 9.18 Å². The minimum atomic E-state index is -0.349. The first-order valence-corrected chi connectivity index (χ1v) is 7.47. The molecule has 0 radical (unpaired) electrons. The van der Waals surface area contributed by atoms with Crippen LogP contribution in [0, 0.1) is 11.7 Å². The molecule has 1 aromatic rings. The van der Waals surface area contributed by atoms with Crippen LogP contribution in [0.5, 0.6) is 0 Å². The molecule has 0 saturated carbocycles. The number of alkyl carbamates (subject to hydrolysis) is 1. The lowest BCUT2D eigenvalue weighted by Gasteiger charge is -2.36. The molecule has 5 heteroatoms. The molecule has 1 saturated heterocycles. The number of rotatable bonds is 4. The maximum absolute atomic E-state index is 12.9. The second-order valence-corrected chi connectivity index (χ2v) is 5.72. The number of piperidine rings is 1. The molecule has 0 aliphatic carbocycles. The molecule has 1 aliphatic heterocycles. The van der Waals surface area contributed by atoms with Crippen LogP contribution in [0.15, 0.2) is 24.3 Å². The molecule has 0 spiro atoms. The summed E-state index contributed by atoms with van der Waals surface area (Å²) in [7, 11) is 0. The molecule has 0 aromatic heterocycles. The topological polar surface area (TPSA) is 41.6 Å². The highest BCUT2D eigenvalue weighted by Crippen LogP contribution is 2.19. The van der Waals surface area contributed by atoms with Crippen molar-refractivity contribution in [1.29, 1.82) is 0 Å². The van der Waals surface area contributed by atoms with Crippen LogP contribution in [0.1, 0.15) is 25.8 Å². The van der Waals surface area contributed by atoms with Gasteiger partial charge in [0.1, 0.15) is 5.82 Å². The standard InChI is InChI=1S/C16H23FN2O2/c1-3-21-16(20)18-15-8-12(2)9-19(11-15)10-13-4-6-14(17)7-5-13/h4-7,12,15H,3,8-11H2,1-2H3,(H,18,20). The lowest BCUT2D eigenvalue weighted by atomic mass is 9.95. The van der Waals surface area contributed by atoms with Gasteiger partial charge in [-0.3, -0.25) is 4.90 Å². The number of amides is 1. The normalized spacial score (nSPS) is 22.8. The summed E-state index contributed by atoms with van der Waals surface area (Å²) in [6, 6.07) is 6.69. The Morgan fingerprint density at radius 1 is 1.38 bits per heavy atom. The highest BCUT2D eigenvalue weighted by molar-refractivity contribution is 5.67. The van der Waals surface area contributed by atoms with Gasteiger partial charge in [0.15, 0.2) is 0 Å². The van der Waals surface area contributed by atoms with Crippen LogP contribution < -0.4 is 5.32 Å². The van der Waals surface area contributed by atoms with Crippen molar-refractivity contribution >= 4 is 6.09 Å². The number of ether oxygens (including phenoxy) is 1. The third kappa shape index (κ3) is 5.01. The van der Waals surface area contributed by atoms with E-state index in [1.807, 2.05) is 12.1 Å². The Morgan fingerprint density at radius 3 is 2.76 bits per heavy atom. The monoisotopic (exact) mass is 294 g/mol. The molecule has 21 heavy (non-hydrogen) atoms. The van der Waals surface area contributed by atoms with Crippen molar-refractivity contribution in [3.63, 3.8) is 0 Å². The van der Waals surface area contributed by atoms with Gasteiger partial charge in [-0.15, -0.1) is 0 Å². The Bertz CT molecular complexity index is 464. The molecule has 2 atom stereocenters. The number of hydrogen-bond acceptors (Lipinski definition) is 3. The maximum Gasteiger partial charge on any atom is 0.407 e. The van der Waals surface area contributed by atoms with Crippen LogP contribution >= 0.6 is 0 Å². The van der Waals surface area contributed by atoms with E-state index in [0.717, 1.165) is 31.6 Å². The van der Waals surface area contributed by atoms with Crippen molar-refractivity contribution in [2.24, 2.45) is 5.92 Å². The predicted molar refractivity (Wildman–Crippen MR) is 79.4 cm³/mol. The van der Waals surface area contributed by atoms with Crippen LogP contribution in [0.2, 0.25) is 0 Å². The van der Waals surface area contributed by atoms with Crippen molar-refractivity contribution < 1.29 is 13.9 Å². The number of hydrogen-bond donors (Lipinski definition) is 1. The van der Waals surface area contributed by atoms with Gasteiger partial charge in [0, 0.05) is 25.7 Å². The number of nitrogens with zero attached hydrogens (tertiary/aromatic N) is 1. The van der Waals surface area contributed by atoms with Crippen LogP contribution in [0.3, 0.4) is 0 Å². The Hall–Kier alpha value is -1.62. The van der Waals surface area contributed by atoms with Crippen molar-refractivity contribution in [3.8, 4) is 0 Å². The van der Waals surface area contributed by atoms with Gasteiger partial charge in [0.2, 0.25) is 0 Å². The zero-order chi connectivity index (χ0) is 15.2. The minimum absolute atomic E-state index is 0.105. The number of carbonyl (C=O) groups excluding carboxylic acids is 1. The Balaban J connectivity index is 1.90. The predicted octanol–water partition coefficient (Wildman–Crippen LogP) is 2.78. The van der Waals surface area contributed by atoms with E-state index < -0.39 is 0 Å². The zero-order valence-electron chi connectivity index (χ0n) is 12.6. The Labute approximate surface area is 125 Å². The fourth-order valence-electron chi connectivity index (χ4n) is 2.88. The lowest BCUT2D eigenvalue weighted by Crippen LogP contribution is -2.50. The summed E-state index contributed by atoms with van der Waals surface area (Å²) in [5, 5.41) is 2.91. The highest BCUT2D eigenvalue weighted by atomic mass is 19.1. The van der Waals surface area contributed by atoms with Gasteiger partial charge in [0.05, 0.1) is 6.61 Å². The maximum atomic E-state index is 12.9. The van der Waals surface area contributed by atoms with Crippen LogP contribution in [0.25, 0.3) is 0 Å². The average Bonchev–Trinajstić information content (AvgIpc) is 2.41. The fourth-order valence-corrected chi connectivity index (χ4v) is 2.88. The molecule has 1 aliphatic rings. The van der Waals surface area contributed by atoms with Crippen LogP contribution in [0.4, 0.5) is 9.18 Å². The van der Waals surface area contributed by atoms with Crippen molar-refractivity contribution in [2.75, 3.05) is 19.7 Å². The molecule has 2 rings (SSSR count). The van der Waals surface area contributed by atoms with Crippen molar-refractivity contribution in [2.45, 2.75) is 32.9 Å². The molecule has 0 bridgehead atoms. The van der Waals surface area contributed by atoms with Gasteiger partial charge < -0.3 is 10.1 Å². The van der Waals surface area contributed by atoms with E-state index in [0.29, 0.717) is 12.5 Å². The van der Waals surface area contributed by atoms with E-state index in [1.54, 1.807) is 6.92 Å². The molecule has 2 unspecified atom stereocenters. The quantitative estimate of drug-likeness (QED) is 0.928. The second kappa shape index (κ2) is 7.41. The summed E-state index contributed by atoms with van der Waals surface area (Å²) in [5.41, 5.74) is 1.08. The summed E-state index contributed by atoms with van der Waals surface area (Å²) < 4.78 is 17.9. The Kier molecular flexibility index (Phi) is 5.56. The summed E-state index contributed by atoms with van der Waals surface area (Å²) in [5.74, 6) is 0.291. The molecule has 1 N–H and O–H groups in total. The van der Waals surface area contributed by atoms with Crippen LogP contribution in [-0.2, 0) is 11.3 Å². The van der Waals surface area contributed by atoms with E-state index in [9.17, 15) is 9.18 Å². The third-order valence-electron chi connectivity index (χ3n) is 3.65.